The summed E-state index contributed by atoms with van der Waals surface area (Å²) in [7, 11) is 7.04. The third-order valence-electron chi connectivity index (χ3n) is 4.30. The van der Waals surface area contributed by atoms with Crippen molar-refractivity contribution in [3.05, 3.63) is 29.5 Å². The van der Waals surface area contributed by atoms with Gasteiger partial charge in [0.15, 0.2) is 11.5 Å². The lowest BCUT2D eigenvalue weighted by Gasteiger charge is -2.19. The van der Waals surface area contributed by atoms with Gasteiger partial charge in [-0.3, -0.25) is 14.3 Å². The minimum absolute atomic E-state index is 0.141. The molecule has 0 atom stereocenters. The molecule has 2 aromatic heterocycles. The van der Waals surface area contributed by atoms with Crippen molar-refractivity contribution in [2.75, 3.05) is 25.5 Å². The SMILES string of the molecule is Cc1cc(CCCCN(C)C(=O)c2c(N(C)C=O)ncn2C)nn1C. The van der Waals surface area contributed by atoms with Gasteiger partial charge in [-0.2, -0.15) is 5.10 Å². The highest BCUT2D eigenvalue weighted by atomic mass is 16.2. The zero-order valence-electron chi connectivity index (χ0n) is 15.6. The second-order valence-corrected chi connectivity index (χ2v) is 6.33. The molecule has 8 heteroatoms. The number of amides is 2. The highest BCUT2D eigenvalue weighted by molar-refractivity contribution is 5.99. The van der Waals surface area contributed by atoms with Gasteiger partial charge in [0.05, 0.1) is 12.0 Å². The molecule has 0 aliphatic carbocycles. The van der Waals surface area contributed by atoms with Crippen LogP contribution in [0.3, 0.4) is 0 Å². The van der Waals surface area contributed by atoms with Crippen LogP contribution in [0.25, 0.3) is 0 Å². The maximum absolute atomic E-state index is 12.7. The Kier molecular flexibility index (Phi) is 5.95. The molecule has 0 bridgehead atoms. The van der Waals surface area contributed by atoms with E-state index in [2.05, 4.69) is 16.1 Å². The van der Waals surface area contributed by atoms with Crippen molar-refractivity contribution < 1.29 is 9.59 Å². The van der Waals surface area contributed by atoms with Gasteiger partial charge in [0, 0.05) is 40.4 Å². The molecule has 0 unspecified atom stereocenters. The molecule has 2 heterocycles. The van der Waals surface area contributed by atoms with E-state index in [-0.39, 0.29) is 5.91 Å². The summed E-state index contributed by atoms with van der Waals surface area (Å²) in [6.45, 7) is 2.67. The second-order valence-electron chi connectivity index (χ2n) is 6.33. The van der Waals surface area contributed by atoms with Crippen LogP contribution < -0.4 is 4.90 Å². The Morgan fingerprint density at radius 2 is 2.00 bits per heavy atom. The number of aryl methyl sites for hydroxylation is 4. The van der Waals surface area contributed by atoms with E-state index in [0.29, 0.717) is 24.5 Å². The summed E-state index contributed by atoms with van der Waals surface area (Å²) in [5.41, 5.74) is 2.64. The standard InChI is InChI=1S/C17H26N6O2/c1-13-10-14(19-23(13)5)8-6-7-9-20(2)17(25)15-16(22(4)12-24)18-11-21(15)3/h10-12H,6-9H2,1-5H3. The van der Waals surface area contributed by atoms with Gasteiger partial charge in [-0.1, -0.05) is 0 Å². The van der Waals surface area contributed by atoms with Crippen molar-refractivity contribution in [2.45, 2.75) is 26.2 Å². The molecule has 0 aliphatic heterocycles. The molecule has 0 radical (unpaired) electrons. The van der Waals surface area contributed by atoms with Gasteiger partial charge in [-0.05, 0) is 32.3 Å². The lowest BCUT2D eigenvalue weighted by atomic mass is 10.2. The molecular formula is C17H26N6O2. The molecule has 2 aromatic rings. The molecule has 0 aliphatic rings. The number of imidazole rings is 1. The fourth-order valence-electron chi connectivity index (χ4n) is 2.67. The summed E-state index contributed by atoms with van der Waals surface area (Å²) in [4.78, 5) is 30.8. The quantitative estimate of drug-likeness (QED) is 0.531. The summed E-state index contributed by atoms with van der Waals surface area (Å²) in [6.07, 6.45) is 4.93. The molecule has 0 aromatic carbocycles. The van der Waals surface area contributed by atoms with Gasteiger partial charge < -0.3 is 14.4 Å². The molecular weight excluding hydrogens is 320 g/mol. The third-order valence-corrected chi connectivity index (χ3v) is 4.30. The minimum atomic E-state index is -0.141. The Bertz CT molecular complexity index is 729. The molecule has 0 saturated carbocycles. The average Bonchev–Trinajstić information content (AvgIpc) is 3.12. The summed E-state index contributed by atoms with van der Waals surface area (Å²) < 4.78 is 3.52. The van der Waals surface area contributed by atoms with E-state index < -0.39 is 0 Å². The highest BCUT2D eigenvalue weighted by Crippen LogP contribution is 2.17. The van der Waals surface area contributed by atoms with Crippen LogP contribution in [0.15, 0.2) is 12.4 Å². The third kappa shape index (κ3) is 4.26. The summed E-state index contributed by atoms with van der Waals surface area (Å²) in [5.74, 6) is 0.232. The Morgan fingerprint density at radius 3 is 2.60 bits per heavy atom. The predicted molar refractivity (Wildman–Crippen MR) is 95.5 cm³/mol. The van der Waals surface area contributed by atoms with Gasteiger partial charge in [0.2, 0.25) is 6.41 Å². The smallest absolute Gasteiger partial charge is 0.274 e. The van der Waals surface area contributed by atoms with Crippen molar-refractivity contribution >= 4 is 18.1 Å². The summed E-state index contributed by atoms with van der Waals surface area (Å²) in [5, 5.41) is 4.44. The highest BCUT2D eigenvalue weighted by Gasteiger charge is 2.22. The van der Waals surface area contributed by atoms with Crippen LogP contribution in [-0.2, 0) is 25.3 Å². The number of hydrogen-bond acceptors (Lipinski definition) is 4. The predicted octanol–water partition coefficient (Wildman–Crippen LogP) is 1.15. The molecule has 2 amide bonds. The monoisotopic (exact) mass is 346 g/mol. The second kappa shape index (κ2) is 7.96. The first kappa shape index (κ1) is 18.7. The van der Waals surface area contributed by atoms with Crippen molar-refractivity contribution in [1.82, 2.24) is 24.2 Å². The molecule has 0 spiro atoms. The minimum Gasteiger partial charge on any atom is -0.340 e. The Hall–Kier alpha value is -2.64. The molecule has 136 valence electrons. The van der Waals surface area contributed by atoms with E-state index in [9.17, 15) is 9.59 Å². The van der Waals surface area contributed by atoms with Crippen LogP contribution in [0.5, 0.6) is 0 Å². The number of carbonyl (C=O) groups is 2. The topological polar surface area (TPSA) is 76.3 Å². The zero-order valence-corrected chi connectivity index (χ0v) is 15.6. The van der Waals surface area contributed by atoms with Crippen LogP contribution in [0.2, 0.25) is 0 Å². The number of aromatic nitrogens is 4. The van der Waals surface area contributed by atoms with Crippen molar-refractivity contribution in [3.63, 3.8) is 0 Å². The molecule has 0 N–H and O–H groups in total. The fraction of sp³-hybridized carbons (Fsp3) is 0.529. The largest absolute Gasteiger partial charge is 0.340 e. The first-order valence-electron chi connectivity index (χ1n) is 8.29. The first-order chi connectivity index (χ1) is 11.8. The molecule has 2 rings (SSSR count). The Morgan fingerprint density at radius 1 is 1.28 bits per heavy atom. The number of anilines is 1. The number of unbranched alkanes of at least 4 members (excludes halogenated alkanes) is 1. The van der Waals surface area contributed by atoms with E-state index in [4.69, 9.17) is 0 Å². The Balaban J connectivity index is 1.90. The zero-order chi connectivity index (χ0) is 18.6. The van der Waals surface area contributed by atoms with Crippen LogP contribution in [-0.4, -0.2) is 57.2 Å². The molecule has 25 heavy (non-hydrogen) atoms. The molecule has 0 saturated heterocycles. The lowest BCUT2D eigenvalue weighted by molar-refractivity contribution is -0.107. The first-order valence-corrected chi connectivity index (χ1v) is 8.29. The van der Waals surface area contributed by atoms with Crippen molar-refractivity contribution in [1.29, 1.82) is 0 Å². The normalized spacial score (nSPS) is 10.8. The van der Waals surface area contributed by atoms with Crippen LogP contribution >= 0.6 is 0 Å². The van der Waals surface area contributed by atoms with E-state index in [1.54, 1.807) is 36.9 Å². The van der Waals surface area contributed by atoms with Crippen LogP contribution in [0, 0.1) is 6.92 Å². The number of nitrogens with zero attached hydrogens (tertiary/aromatic N) is 6. The maximum atomic E-state index is 12.7. The number of carbonyl (C=O) groups excluding carboxylic acids is 2. The van der Waals surface area contributed by atoms with Crippen molar-refractivity contribution in [3.8, 4) is 0 Å². The average molecular weight is 346 g/mol. The van der Waals surface area contributed by atoms with E-state index in [1.807, 2.05) is 18.7 Å². The van der Waals surface area contributed by atoms with Gasteiger partial charge in [0.25, 0.3) is 5.91 Å². The van der Waals surface area contributed by atoms with Crippen LogP contribution in [0.4, 0.5) is 5.82 Å². The summed E-state index contributed by atoms with van der Waals surface area (Å²) in [6, 6.07) is 2.09. The molecule has 8 nitrogen and oxygen atoms in total. The van der Waals surface area contributed by atoms with Crippen LogP contribution in [0.1, 0.15) is 34.7 Å². The fourth-order valence-corrected chi connectivity index (χ4v) is 2.67. The lowest BCUT2D eigenvalue weighted by Crippen LogP contribution is -2.31. The number of hydrogen-bond donors (Lipinski definition) is 0. The van der Waals surface area contributed by atoms with Gasteiger partial charge in [0.1, 0.15) is 0 Å². The van der Waals surface area contributed by atoms with E-state index in [1.165, 1.54) is 4.90 Å². The van der Waals surface area contributed by atoms with Gasteiger partial charge >= 0.3 is 0 Å². The van der Waals surface area contributed by atoms with Crippen molar-refractivity contribution in [2.24, 2.45) is 14.1 Å². The number of rotatable bonds is 8. The van der Waals surface area contributed by atoms with E-state index >= 15 is 0 Å². The van der Waals surface area contributed by atoms with E-state index in [0.717, 1.165) is 30.7 Å². The van der Waals surface area contributed by atoms with Gasteiger partial charge in [-0.15, -0.1) is 0 Å². The summed E-state index contributed by atoms with van der Waals surface area (Å²) >= 11 is 0. The van der Waals surface area contributed by atoms with Gasteiger partial charge in [-0.25, -0.2) is 4.98 Å². The Labute approximate surface area is 148 Å². The maximum Gasteiger partial charge on any atom is 0.274 e. The molecule has 0 fully saturated rings.